The average Bonchev–Trinajstić information content (AvgIpc) is 2.39. The Labute approximate surface area is 128 Å². The molecule has 2 atom stereocenters. The fourth-order valence-corrected chi connectivity index (χ4v) is 2.28. The van der Waals surface area contributed by atoms with Crippen molar-refractivity contribution in [2.24, 2.45) is 22.5 Å². The topological polar surface area (TPSA) is 92.4 Å². The van der Waals surface area contributed by atoms with Gasteiger partial charge in [-0.05, 0) is 37.5 Å². The molecule has 0 spiro atoms. The van der Waals surface area contributed by atoms with Crippen LogP contribution in [0, 0.1) is 16.7 Å². The largest absolute Gasteiger partial charge is 0.481 e. The van der Waals surface area contributed by atoms with E-state index in [1.54, 1.807) is 0 Å². The van der Waals surface area contributed by atoms with Crippen LogP contribution in [0.1, 0.15) is 60.3 Å². The minimum absolute atomic E-state index is 0.0154. The molecule has 0 aromatic heterocycles. The van der Waals surface area contributed by atoms with Crippen molar-refractivity contribution < 1.29 is 14.7 Å². The third-order valence-corrected chi connectivity index (χ3v) is 4.49. The molecule has 5 heteroatoms. The molecule has 0 aromatic carbocycles. The quantitative estimate of drug-likeness (QED) is 0.609. The molecular formula is C16H32N2O3. The number of nitrogens with one attached hydrogen (secondary N) is 1. The summed E-state index contributed by atoms with van der Waals surface area (Å²) in [5.41, 5.74) is 5.19. The van der Waals surface area contributed by atoms with E-state index in [1.807, 2.05) is 13.8 Å². The summed E-state index contributed by atoms with van der Waals surface area (Å²) in [5, 5.41) is 11.8. The summed E-state index contributed by atoms with van der Waals surface area (Å²) in [7, 11) is 0. The number of amides is 1. The maximum absolute atomic E-state index is 12.1. The van der Waals surface area contributed by atoms with Gasteiger partial charge in [-0.15, -0.1) is 0 Å². The highest BCUT2D eigenvalue weighted by Gasteiger charge is 2.30. The lowest BCUT2D eigenvalue weighted by Gasteiger charge is -2.31. The number of carboxylic acids is 1. The van der Waals surface area contributed by atoms with Gasteiger partial charge in [0, 0.05) is 19.5 Å². The molecule has 0 radical (unpaired) electrons. The third-order valence-electron chi connectivity index (χ3n) is 4.49. The van der Waals surface area contributed by atoms with Crippen LogP contribution < -0.4 is 11.1 Å². The van der Waals surface area contributed by atoms with E-state index in [0.29, 0.717) is 25.9 Å². The van der Waals surface area contributed by atoms with Gasteiger partial charge in [-0.1, -0.05) is 27.7 Å². The van der Waals surface area contributed by atoms with Crippen molar-refractivity contribution in [1.29, 1.82) is 0 Å². The molecule has 21 heavy (non-hydrogen) atoms. The zero-order chi connectivity index (χ0) is 16.7. The normalized spacial score (nSPS) is 16.1. The van der Waals surface area contributed by atoms with Crippen LogP contribution in [0.2, 0.25) is 0 Å². The second-order valence-corrected chi connectivity index (χ2v) is 7.16. The molecule has 0 aliphatic rings. The van der Waals surface area contributed by atoms with Gasteiger partial charge in [0.1, 0.15) is 0 Å². The number of carbonyl (C=O) groups excluding carboxylic acids is 1. The number of rotatable bonds is 9. The Balaban J connectivity index is 4.44. The van der Waals surface area contributed by atoms with Gasteiger partial charge >= 0.3 is 5.97 Å². The molecule has 0 rings (SSSR count). The molecule has 4 N–H and O–H groups in total. The van der Waals surface area contributed by atoms with Crippen molar-refractivity contribution in [2.45, 2.75) is 60.3 Å². The van der Waals surface area contributed by atoms with Crippen LogP contribution in [-0.2, 0) is 9.59 Å². The lowest BCUT2D eigenvalue weighted by atomic mass is 9.76. The minimum Gasteiger partial charge on any atom is -0.481 e. The summed E-state index contributed by atoms with van der Waals surface area (Å²) >= 11 is 0. The van der Waals surface area contributed by atoms with Crippen molar-refractivity contribution in [3.05, 3.63) is 0 Å². The number of nitrogens with two attached hydrogens (primary N) is 1. The van der Waals surface area contributed by atoms with E-state index in [4.69, 9.17) is 10.8 Å². The first-order valence-electron chi connectivity index (χ1n) is 7.77. The number of carboxylic acid groups (broad SMARTS) is 1. The molecule has 0 heterocycles. The molecule has 0 bridgehead atoms. The van der Waals surface area contributed by atoms with Crippen LogP contribution in [0.4, 0.5) is 0 Å². The number of hydrogen-bond donors (Lipinski definition) is 3. The highest BCUT2D eigenvalue weighted by atomic mass is 16.4. The first-order valence-corrected chi connectivity index (χ1v) is 7.77. The van der Waals surface area contributed by atoms with Crippen molar-refractivity contribution in [1.82, 2.24) is 5.32 Å². The van der Waals surface area contributed by atoms with Crippen LogP contribution in [-0.4, -0.2) is 30.1 Å². The summed E-state index contributed by atoms with van der Waals surface area (Å²) in [6.07, 6.45) is 2.30. The summed E-state index contributed by atoms with van der Waals surface area (Å²) in [6.45, 7) is 11.0. The first kappa shape index (κ1) is 19.9. The summed E-state index contributed by atoms with van der Waals surface area (Å²) in [5.74, 6) is -0.520. The molecule has 0 aromatic rings. The van der Waals surface area contributed by atoms with Crippen LogP contribution >= 0.6 is 0 Å². The van der Waals surface area contributed by atoms with Crippen LogP contribution in [0.5, 0.6) is 0 Å². The van der Waals surface area contributed by atoms with Crippen molar-refractivity contribution >= 4 is 11.9 Å². The maximum Gasteiger partial charge on any atom is 0.303 e. The zero-order valence-corrected chi connectivity index (χ0v) is 14.2. The number of carbonyl (C=O) groups is 2. The lowest BCUT2D eigenvalue weighted by molar-refractivity contribution is -0.137. The minimum atomic E-state index is -0.769. The molecule has 124 valence electrons. The predicted octanol–water partition coefficient (Wildman–Crippen LogP) is 2.39. The third kappa shape index (κ3) is 6.93. The summed E-state index contributed by atoms with van der Waals surface area (Å²) in [4.78, 5) is 22.9. The number of aliphatic carboxylic acids is 1. The highest BCUT2D eigenvalue weighted by molar-refractivity contribution is 5.82. The molecule has 0 fully saturated rings. The molecule has 0 aliphatic carbocycles. The standard InChI is InChI=1S/C16H32N2O3/c1-6-16(5,11-17)14(21)18-10-9-12(15(2,3)4)7-8-13(19)20/h12H,6-11,17H2,1-5H3,(H,18,21)(H,19,20). The number of hydrogen-bond acceptors (Lipinski definition) is 3. The molecule has 0 aliphatic heterocycles. The fraction of sp³-hybridized carbons (Fsp3) is 0.875. The van der Waals surface area contributed by atoms with Gasteiger partial charge in [-0.3, -0.25) is 9.59 Å². The Hall–Kier alpha value is -1.10. The molecule has 2 unspecified atom stereocenters. The average molecular weight is 300 g/mol. The predicted molar refractivity (Wildman–Crippen MR) is 84.9 cm³/mol. The Morgan fingerprint density at radius 2 is 1.76 bits per heavy atom. The Kier molecular flexibility index (Phi) is 7.93. The second kappa shape index (κ2) is 8.37. The maximum atomic E-state index is 12.1. The summed E-state index contributed by atoms with van der Waals surface area (Å²) in [6, 6.07) is 0. The van der Waals surface area contributed by atoms with Gasteiger partial charge in [0.05, 0.1) is 5.41 Å². The smallest absolute Gasteiger partial charge is 0.303 e. The van der Waals surface area contributed by atoms with Crippen LogP contribution in [0.15, 0.2) is 0 Å². The SMILES string of the molecule is CCC(C)(CN)C(=O)NCCC(CCC(=O)O)C(C)(C)C. The van der Waals surface area contributed by atoms with Gasteiger partial charge in [0.2, 0.25) is 5.91 Å². The molecule has 0 saturated carbocycles. The second-order valence-electron chi connectivity index (χ2n) is 7.16. The zero-order valence-electron chi connectivity index (χ0n) is 14.2. The van der Waals surface area contributed by atoms with Gasteiger partial charge in [0.25, 0.3) is 0 Å². The van der Waals surface area contributed by atoms with E-state index >= 15 is 0 Å². The highest BCUT2D eigenvalue weighted by Crippen LogP contribution is 2.32. The molecule has 5 nitrogen and oxygen atoms in total. The van der Waals surface area contributed by atoms with Crippen molar-refractivity contribution in [2.75, 3.05) is 13.1 Å². The first-order chi connectivity index (χ1) is 9.56. The van der Waals surface area contributed by atoms with Gasteiger partial charge in [-0.2, -0.15) is 0 Å². The van der Waals surface area contributed by atoms with E-state index < -0.39 is 11.4 Å². The van der Waals surface area contributed by atoms with Crippen molar-refractivity contribution in [3.8, 4) is 0 Å². The molecule has 0 saturated heterocycles. The van der Waals surface area contributed by atoms with E-state index in [1.165, 1.54) is 0 Å². The van der Waals surface area contributed by atoms with E-state index in [-0.39, 0.29) is 23.7 Å². The monoisotopic (exact) mass is 300 g/mol. The van der Waals surface area contributed by atoms with Gasteiger partial charge in [-0.25, -0.2) is 0 Å². The summed E-state index contributed by atoms with van der Waals surface area (Å²) < 4.78 is 0. The Bertz CT molecular complexity index is 344. The van der Waals surface area contributed by atoms with Gasteiger partial charge < -0.3 is 16.2 Å². The van der Waals surface area contributed by atoms with E-state index in [9.17, 15) is 9.59 Å². The van der Waals surface area contributed by atoms with Gasteiger partial charge in [0.15, 0.2) is 0 Å². The molecular weight excluding hydrogens is 268 g/mol. The Morgan fingerprint density at radius 1 is 1.19 bits per heavy atom. The van der Waals surface area contributed by atoms with Crippen LogP contribution in [0.25, 0.3) is 0 Å². The van der Waals surface area contributed by atoms with Crippen LogP contribution in [0.3, 0.4) is 0 Å². The van der Waals surface area contributed by atoms with E-state index in [0.717, 1.165) is 6.42 Å². The van der Waals surface area contributed by atoms with E-state index in [2.05, 4.69) is 26.1 Å². The Morgan fingerprint density at radius 3 is 2.14 bits per heavy atom. The lowest BCUT2D eigenvalue weighted by Crippen LogP contribution is -2.44. The fourth-order valence-electron chi connectivity index (χ4n) is 2.28. The molecule has 1 amide bonds. The van der Waals surface area contributed by atoms with Crippen molar-refractivity contribution in [3.63, 3.8) is 0 Å².